The summed E-state index contributed by atoms with van der Waals surface area (Å²) < 4.78 is 0. The Morgan fingerprint density at radius 2 is 2.16 bits per heavy atom. The Morgan fingerprint density at radius 1 is 1.40 bits per heavy atom. The van der Waals surface area contributed by atoms with Crippen LogP contribution in [0.4, 0.5) is 0 Å². The van der Waals surface area contributed by atoms with Gasteiger partial charge in [-0.25, -0.2) is 0 Å². The number of amides is 3. The zero-order chi connectivity index (χ0) is 18.2. The van der Waals surface area contributed by atoms with Crippen LogP contribution in [0.15, 0.2) is 17.5 Å². The molecule has 0 radical (unpaired) electrons. The number of rotatable bonds is 4. The van der Waals surface area contributed by atoms with Crippen molar-refractivity contribution < 1.29 is 14.4 Å². The molecular weight excluding hydrogens is 338 g/mol. The first kappa shape index (κ1) is 17.9. The van der Waals surface area contributed by atoms with Crippen molar-refractivity contribution in [3.63, 3.8) is 0 Å². The summed E-state index contributed by atoms with van der Waals surface area (Å²) in [6.45, 7) is 6.51. The molecule has 2 aliphatic rings. The van der Waals surface area contributed by atoms with E-state index in [0.717, 1.165) is 4.88 Å². The van der Waals surface area contributed by atoms with Gasteiger partial charge in [-0.05, 0) is 23.3 Å². The number of nitrogens with zero attached hydrogens (tertiary/aromatic N) is 1. The quantitative estimate of drug-likeness (QED) is 0.847. The molecule has 25 heavy (non-hydrogen) atoms. The number of hydrogen-bond acceptors (Lipinski definition) is 4. The first-order chi connectivity index (χ1) is 11.7. The molecule has 0 spiro atoms. The van der Waals surface area contributed by atoms with Crippen molar-refractivity contribution in [2.45, 2.75) is 58.2 Å². The van der Waals surface area contributed by atoms with E-state index in [0.29, 0.717) is 25.8 Å². The predicted octanol–water partition coefficient (Wildman–Crippen LogP) is 1.31. The number of carbonyl (C=O) groups is 3. The standard InChI is InChI=1S/C18H25N3O3S/c1-18(2,3)10-14(22)19-12-6-7-21-15(12)16(23)20-13(17(21)24)9-11-5-4-8-25-11/h4-5,8,12-13,15H,6-7,9-10H2,1-3H3,(H,19,22)(H,20,23). The normalized spacial score (nSPS) is 26.4. The van der Waals surface area contributed by atoms with E-state index < -0.39 is 12.1 Å². The van der Waals surface area contributed by atoms with E-state index in [1.54, 1.807) is 16.2 Å². The number of carbonyl (C=O) groups excluding carboxylic acids is 3. The lowest BCUT2D eigenvalue weighted by Gasteiger charge is -2.36. The molecule has 2 saturated heterocycles. The van der Waals surface area contributed by atoms with E-state index in [9.17, 15) is 14.4 Å². The van der Waals surface area contributed by atoms with Crippen LogP contribution in [0.3, 0.4) is 0 Å². The van der Waals surface area contributed by atoms with Gasteiger partial charge in [0, 0.05) is 24.3 Å². The highest BCUT2D eigenvalue weighted by molar-refractivity contribution is 7.09. The summed E-state index contributed by atoms with van der Waals surface area (Å²) in [5.41, 5.74) is -0.112. The third-order valence-corrected chi connectivity index (χ3v) is 5.49. The molecule has 3 unspecified atom stereocenters. The first-order valence-corrected chi connectivity index (χ1v) is 9.55. The van der Waals surface area contributed by atoms with E-state index in [2.05, 4.69) is 10.6 Å². The maximum Gasteiger partial charge on any atom is 0.246 e. The molecule has 3 rings (SSSR count). The maximum atomic E-state index is 12.7. The van der Waals surface area contributed by atoms with Crippen LogP contribution < -0.4 is 10.6 Å². The number of thiophene rings is 1. The van der Waals surface area contributed by atoms with E-state index in [4.69, 9.17) is 0 Å². The molecule has 2 aliphatic heterocycles. The molecule has 6 nitrogen and oxygen atoms in total. The second-order valence-corrected chi connectivity index (χ2v) is 9.05. The fourth-order valence-corrected chi connectivity index (χ4v) is 4.29. The molecule has 1 aromatic heterocycles. The van der Waals surface area contributed by atoms with Crippen molar-refractivity contribution in [2.24, 2.45) is 5.41 Å². The van der Waals surface area contributed by atoms with Gasteiger partial charge in [0.1, 0.15) is 12.1 Å². The number of piperazine rings is 1. The van der Waals surface area contributed by atoms with Crippen molar-refractivity contribution >= 4 is 29.1 Å². The average Bonchev–Trinajstić information content (AvgIpc) is 3.12. The molecule has 2 N–H and O–H groups in total. The zero-order valence-electron chi connectivity index (χ0n) is 14.9. The fraction of sp³-hybridized carbons (Fsp3) is 0.611. The molecule has 0 saturated carbocycles. The monoisotopic (exact) mass is 363 g/mol. The van der Waals surface area contributed by atoms with Crippen LogP contribution >= 0.6 is 11.3 Å². The summed E-state index contributed by atoms with van der Waals surface area (Å²) in [7, 11) is 0. The van der Waals surface area contributed by atoms with Crippen LogP contribution in [0.2, 0.25) is 0 Å². The van der Waals surface area contributed by atoms with Gasteiger partial charge in [0.05, 0.1) is 6.04 Å². The second kappa shape index (κ2) is 6.78. The lowest BCUT2D eigenvalue weighted by atomic mass is 9.91. The third-order valence-electron chi connectivity index (χ3n) is 4.59. The van der Waals surface area contributed by atoms with Gasteiger partial charge in [0.25, 0.3) is 0 Å². The Labute approximate surface area is 152 Å². The van der Waals surface area contributed by atoms with Gasteiger partial charge in [-0.2, -0.15) is 0 Å². The predicted molar refractivity (Wildman–Crippen MR) is 96.1 cm³/mol. The lowest BCUT2D eigenvalue weighted by Crippen LogP contribution is -2.65. The largest absolute Gasteiger partial charge is 0.351 e. The van der Waals surface area contributed by atoms with Gasteiger partial charge in [-0.15, -0.1) is 11.3 Å². The van der Waals surface area contributed by atoms with Crippen molar-refractivity contribution in [1.29, 1.82) is 0 Å². The fourth-order valence-electron chi connectivity index (χ4n) is 3.54. The van der Waals surface area contributed by atoms with E-state index in [1.807, 2.05) is 38.3 Å². The molecule has 7 heteroatoms. The SMILES string of the molecule is CC(C)(C)CC(=O)NC1CCN2C(=O)C(Cc3cccs3)NC(=O)C12. The van der Waals surface area contributed by atoms with Crippen molar-refractivity contribution in [2.75, 3.05) is 6.54 Å². The van der Waals surface area contributed by atoms with E-state index in [-0.39, 0.29) is 29.2 Å². The van der Waals surface area contributed by atoms with Gasteiger partial charge in [0.2, 0.25) is 17.7 Å². The molecule has 3 heterocycles. The highest BCUT2D eigenvalue weighted by Crippen LogP contribution is 2.26. The summed E-state index contributed by atoms with van der Waals surface area (Å²) >= 11 is 1.58. The van der Waals surface area contributed by atoms with Gasteiger partial charge in [-0.1, -0.05) is 26.8 Å². The number of nitrogens with one attached hydrogen (secondary N) is 2. The molecule has 0 aromatic carbocycles. The Kier molecular flexibility index (Phi) is 4.86. The lowest BCUT2D eigenvalue weighted by molar-refractivity contribution is -0.147. The molecule has 136 valence electrons. The van der Waals surface area contributed by atoms with E-state index in [1.165, 1.54) is 0 Å². The Bertz CT molecular complexity index is 666. The van der Waals surface area contributed by atoms with Crippen LogP contribution in [0.5, 0.6) is 0 Å². The van der Waals surface area contributed by atoms with E-state index >= 15 is 0 Å². The average molecular weight is 363 g/mol. The van der Waals surface area contributed by atoms with Gasteiger partial charge >= 0.3 is 0 Å². The summed E-state index contributed by atoms with van der Waals surface area (Å²) in [4.78, 5) is 40.2. The topological polar surface area (TPSA) is 78.5 Å². The summed E-state index contributed by atoms with van der Waals surface area (Å²) in [5.74, 6) is -0.286. The van der Waals surface area contributed by atoms with Gasteiger partial charge in [0.15, 0.2) is 0 Å². The summed E-state index contributed by atoms with van der Waals surface area (Å²) in [5, 5.41) is 7.77. The molecule has 0 bridgehead atoms. The van der Waals surface area contributed by atoms with Crippen molar-refractivity contribution in [1.82, 2.24) is 15.5 Å². The Balaban J connectivity index is 1.65. The van der Waals surface area contributed by atoms with Gasteiger partial charge < -0.3 is 15.5 Å². The Morgan fingerprint density at radius 3 is 2.80 bits per heavy atom. The minimum absolute atomic E-state index is 0.0504. The van der Waals surface area contributed by atoms with Crippen LogP contribution in [0, 0.1) is 5.41 Å². The Hall–Kier alpha value is -1.89. The van der Waals surface area contributed by atoms with Crippen LogP contribution in [0.1, 0.15) is 38.5 Å². The minimum atomic E-state index is -0.587. The molecule has 1 aromatic rings. The molecular formula is C18H25N3O3S. The second-order valence-electron chi connectivity index (χ2n) is 8.02. The highest BCUT2D eigenvalue weighted by Gasteiger charge is 2.48. The van der Waals surface area contributed by atoms with Crippen LogP contribution in [0.25, 0.3) is 0 Å². The zero-order valence-corrected chi connectivity index (χ0v) is 15.7. The maximum absolute atomic E-state index is 12.7. The van der Waals surface area contributed by atoms with Crippen LogP contribution in [-0.2, 0) is 20.8 Å². The molecule has 3 atom stereocenters. The highest BCUT2D eigenvalue weighted by atomic mass is 32.1. The summed E-state index contributed by atoms with van der Waals surface area (Å²) in [6.07, 6.45) is 1.53. The smallest absolute Gasteiger partial charge is 0.246 e. The first-order valence-electron chi connectivity index (χ1n) is 8.67. The molecule has 2 fully saturated rings. The minimum Gasteiger partial charge on any atom is -0.351 e. The third kappa shape index (κ3) is 4.03. The van der Waals surface area contributed by atoms with Crippen LogP contribution in [-0.4, -0.2) is 47.3 Å². The summed E-state index contributed by atoms with van der Waals surface area (Å²) in [6, 6.07) is 2.51. The van der Waals surface area contributed by atoms with Gasteiger partial charge in [-0.3, -0.25) is 14.4 Å². The molecule has 0 aliphatic carbocycles. The van der Waals surface area contributed by atoms with Crippen molar-refractivity contribution in [3.8, 4) is 0 Å². The van der Waals surface area contributed by atoms with Crippen molar-refractivity contribution in [3.05, 3.63) is 22.4 Å². The number of fused-ring (bicyclic) bond motifs is 1. The number of hydrogen-bond donors (Lipinski definition) is 2. The molecule has 3 amide bonds.